The van der Waals surface area contributed by atoms with Gasteiger partial charge in [-0.3, -0.25) is 14.9 Å². The van der Waals surface area contributed by atoms with E-state index in [0.29, 0.717) is 11.3 Å². The summed E-state index contributed by atoms with van der Waals surface area (Å²) in [5.74, 6) is -0.315. The summed E-state index contributed by atoms with van der Waals surface area (Å²) in [6, 6.07) is 19.8. The maximum absolute atomic E-state index is 12.2. The monoisotopic (exact) mass is 415 g/mol. The highest BCUT2D eigenvalue weighted by Gasteiger charge is 2.07. The molecule has 0 saturated carbocycles. The molecule has 0 unspecified atom stereocenters. The molecule has 0 spiro atoms. The topological polar surface area (TPSA) is 85.1 Å². The second-order valence-corrected chi connectivity index (χ2v) is 7.77. The molecular formula is C23H17N3O3S. The summed E-state index contributed by atoms with van der Waals surface area (Å²) in [5.41, 5.74) is 4.39. The molecule has 0 saturated heterocycles. The predicted octanol–water partition coefficient (Wildman–Crippen LogP) is 5.83. The number of hydrogen-bond acceptors (Lipinski definition) is 5. The van der Waals surface area contributed by atoms with Crippen molar-refractivity contribution in [3.63, 3.8) is 0 Å². The summed E-state index contributed by atoms with van der Waals surface area (Å²) in [6.07, 6.45) is 2.89. The van der Waals surface area contributed by atoms with E-state index in [2.05, 4.69) is 23.3 Å². The largest absolute Gasteiger partial charge is 0.323 e. The number of carbonyl (C=O) groups is 1. The van der Waals surface area contributed by atoms with Crippen molar-refractivity contribution in [2.24, 2.45) is 0 Å². The van der Waals surface area contributed by atoms with Crippen LogP contribution in [0.2, 0.25) is 0 Å². The molecule has 7 heteroatoms. The van der Waals surface area contributed by atoms with Crippen LogP contribution < -0.4 is 5.32 Å². The Morgan fingerprint density at radius 1 is 1.10 bits per heavy atom. The molecule has 1 aromatic heterocycles. The minimum absolute atomic E-state index is 0.0156. The zero-order valence-electron chi connectivity index (χ0n) is 16.0. The number of carbonyl (C=O) groups excluding carboxylic acids is 1. The maximum atomic E-state index is 12.2. The van der Waals surface area contributed by atoms with E-state index in [4.69, 9.17) is 0 Å². The number of amides is 1. The highest BCUT2D eigenvalue weighted by molar-refractivity contribution is 7.21. The van der Waals surface area contributed by atoms with Gasteiger partial charge < -0.3 is 5.32 Å². The van der Waals surface area contributed by atoms with Gasteiger partial charge in [0.25, 0.3) is 5.69 Å². The van der Waals surface area contributed by atoms with Crippen LogP contribution in [0.4, 0.5) is 11.4 Å². The molecule has 1 amide bonds. The Hall–Kier alpha value is -3.84. The van der Waals surface area contributed by atoms with Crippen LogP contribution in [-0.4, -0.2) is 15.8 Å². The van der Waals surface area contributed by atoms with Crippen LogP contribution in [0.25, 0.3) is 26.9 Å². The average Bonchev–Trinajstić information content (AvgIpc) is 3.16. The van der Waals surface area contributed by atoms with Crippen LogP contribution in [-0.2, 0) is 4.79 Å². The number of benzene rings is 3. The average molecular weight is 415 g/mol. The normalized spacial score (nSPS) is 11.1. The van der Waals surface area contributed by atoms with Gasteiger partial charge in [-0.05, 0) is 60.5 Å². The second-order valence-electron chi connectivity index (χ2n) is 6.74. The lowest BCUT2D eigenvalue weighted by Crippen LogP contribution is -2.07. The standard InChI is InChI=1S/C23H17N3O3S/c1-15-5-11-20-21(13-15)30-23(25-20)17-7-9-18(10-8-17)24-22(27)12-6-16-3-2-4-19(14-16)26(28)29/h2-14H,1H3,(H,24,27)/b12-6+. The van der Waals surface area contributed by atoms with E-state index >= 15 is 0 Å². The van der Waals surface area contributed by atoms with Crippen LogP contribution in [0.15, 0.2) is 72.8 Å². The number of fused-ring (bicyclic) bond motifs is 1. The number of anilines is 1. The van der Waals surface area contributed by atoms with Gasteiger partial charge in [0, 0.05) is 29.5 Å². The van der Waals surface area contributed by atoms with Gasteiger partial charge in [-0.25, -0.2) is 4.98 Å². The van der Waals surface area contributed by atoms with E-state index in [1.54, 1.807) is 29.5 Å². The molecule has 0 fully saturated rings. The zero-order chi connectivity index (χ0) is 21.1. The lowest BCUT2D eigenvalue weighted by atomic mass is 10.2. The van der Waals surface area contributed by atoms with Crippen LogP contribution in [0.3, 0.4) is 0 Å². The van der Waals surface area contributed by atoms with Crippen molar-refractivity contribution < 1.29 is 9.72 Å². The molecule has 0 bridgehead atoms. The Balaban J connectivity index is 1.44. The van der Waals surface area contributed by atoms with Gasteiger partial charge in [0.1, 0.15) is 5.01 Å². The molecule has 0 radical (unpaired) electrons. The summed E-state index contributed by atoms with van der Waals surface area (Å²) in [7, 11) is 0. The van der Waals surface area contributed by atoms with Crippen molar-refractivity contribution in [3.8, 4) is 10.6 Å². The van der Waals surface area contributed by atoms with Crippen LogP contribution in [0.5, 0.6) is 0 Å². The van der Waals surface area contributed by atoms with Gasteiger partial charge >= 0.3 is 0 Å². The van der Waals surface area contributed by atoms with Gasteiger partial charge in [-0.15, -0.1) is 11.3 Å². The van der Waals surface area contributed by atoms with E-state index in [0.717, 1.165) is 20.8 Å². The van der Waals surface area contributed by atoms with Crippen molar-refractivity contribution in [1.29, 1.82) is 0 Å². The predicted molar refractivity (Wildman–Crippen MR) is 121 cm³/mol. The Morgan fingerprint density at radius 3 is 2.67 bits per heavy atom. The molecule has 148 valence electrons. The Kier molecular flexibility index (Phi) is 5.36. The minimum Gasteiger partial charge on any atom is -0.323 e. The van der Waals surface area contributed by atoms with Crippen LogP contribution in [0, 0.1) is 17.0 Å². The molecule has 6 nitrogen and oxygen atoms in total. The molecule has 3 aromatic carbocycles. The molecule has 0 aliphatic carbocycles. The van der Waals surface area contributed by atoms with Crippen molar-refractivity contribution >= 4 is 44.9 Å². The number of rotatable bonds is 5. The molecule has 1 heterocycles. The van der Waals surface area contributed by atoms with Gasteiger partial charge in [0.05, 0.1) is 15.1 Å². The quantitative estimate of drug-likeness (QED) is 0.252. The number of non-ortho nitro benzene ring substituents is 1. The molecule has 4 rings (SSSR count). The highest BCUT2D eigenvalue weighted by Crippen LogP contribution is 2.31. The number of nitro benzene ring substituents is 1. The van der Waals surface area contributed by atoms with Crippen LogP contribution >= 0.6 is 11.3 Å². The first-order valence-electron chi connectivity index (χ1n) is 9.19. The van der Waals surface area contributed by atoms with Crippen molar-refractivity contribution in [1.82, 2.24) is 4.98 Å². The third-order valence-electron chi connectivity index (χ3n) is 4.45. The van der Waals surface area contributed by atoms with Crippen molar-refractivity contribution in [3.05, 3.63) is 94.0 Å². The molecule has 0 atom stereocenters. The van der Waals surface area contributed by atoms with Crippen molar-refractivity contribution in [2.75, 3.05) is 5.32 Å². The van der Waals surface area contributed by atoms with Crippen LogP contribution in [0.1, 0.15) is 11.1 Å². The number of nitro groups is 1. The van der Waals surface area contributed by atoms with Crippen molar-refractivity contribution in [2.45, 2.75) is 6.92 Å². The third kappa shape index (κ3) is 4.42. The molecule has 1 N–H and O–H groups in total. The first-order valence-corrected chi connectivity index (χ1v) is 10.0. The Bertz CT molecular complexity index is 1280. The van der Waals surface area contributed by atoms with E-state index in [9.17, 15) is 14.9 Å². The molecule has 0 aliphatic rings. The second kappa shape index (κ2) is 8.26. The Morgan fingerprint density at radius 2 is 1.90 bits per heavy atom. The smallest absolute Gasteiger partial charge is 0.270 e. The number of thiazole rings is 1. The number of nitrogens with zero attached hydrogens (tertiary/aromatic N) is 2. The summed E-state index contributed by atoms with van der Waals surface area (Å²) in [4.78, 5) is 27.2. The van der Waals surface area contributed by atoms with Gasteiger partial charge in [0.15, 0.2) is 0 Å². The summed E-state index contributed by atoms with van der Waals surface area (Å²) >= 11 is 1.64. The summed E-state index contributed by atoms with van der Waals surface area (Å²) < 4.78 is 1.15. The summed E-state index contributed by atoms with van der Waals surface area (Å²) in [6.45, 7) is 2.06. The van der Waals surface area contributed by atoms with Gasteiger partial charge in [0.2, 0.25) is 5.91 Å². The molecule has 30 heavy (non-hydrogen) atoms. The number of aryl methyl sites for hydroxylation is 1. The highest BCUT2D eigenvalue weighted by atomic mass is 32.1. The molecule has 4 aromatic rings. The Labute approximate surface area is 176 Å². The van der Waals surface area contributed by atoms with E-state index in [1.807, 2.05) is 36.4 Å². The number of nitrogens with one attached hydrogen (secondary N) is 1. The number of hydrogen-bond donors (Lipinski definition) is 1. The first-order chi connectivity index (χ1) is 14.5. The number of aromatic nitrogens is 1. The van der Waals surface area contributed by atoms with Gasteiger partial charge in [-0.1, -0.05) is 18.2 Å². The molecule has 0 aliphatic heterocycles. The fourth-order valence-corrected chi connectivity index (χ4v) is 4.02. The van der Waals surface area contributed by atoms with E-state index < -0.39 is 4.92 Å². The first kappa shape index (κ1) is 19.5. The minimum atomic E-state index is -0.467. The molecular weight excluding hydrogens is 398 g/mol. The third-order valence-corrected chi connectivity index (χ3v) is 5.52. The fourth-order valence-electron chi connectivity index (χ4n) is 2.95. The van der Waals surface area contributed by atoms with E-state index in [-0.39, 0.29) is 11.6 Å². The summed E-state index contributed by atoms with van der Waals surface area (Å²) in [5, 5.41) is 14.5. The SMILES string of the molecule is Cc1ccc2nc(-c3ccc(NC(=O)/C=C/c4cccc([N+](=O)[O-])c4)cc3)sc2c1. The lowest BCUT2D eigenvalue weighted by Gasteiger charge is -2.03. The van der Waals surface area contributed by atoms with E-state index in [1.165, 1.54) is 23.8 Å². The fraction of sp³-hybridized carbons (Fsp3) is 0.0435. The lowest BCUT2D eigenvalue weighted by molar-refractivity contribution is -0.384. The maximum Gasteiger partial charge on any atom is 0.270 e. The van der Waals surface area contributed by atoms with Gasteiger partial charge in [-0.2, -0.15) is 0 Å². The zero-order valence-corrected chi connectivity index (χ0v) is 16.8.